The molecule has 6 heteroatoms. The van der Waals surface area contributed by atoms with Crippen LogP contribution < -0.4 is 10.1 Å². The highest BCUT2D eigenvalue weighted by Crippen LogP contribution is 2.22. The van der Waals surface area contributed by atoms with Crippen LogP contribution in [0, 0.1) is 5.92 Å². The molecule has 0 saturated heterocycles. The van der Waals surface area contributed by atoms with E-state index in [2.05, 4.69) is 5.32 Å². The topological polar surface area (TPSA) is 75.6 Å². The number of ether oxygens (including phenoxy) is 1. The molecule has 0 saturated carbocycles. The van der Waals surface area contributed by atoms with E-state index in [1.54, 1.807) is 7.11 Å². The van der Waals surface area contributed by atoms with Crippen LogP contribution in [0.15, 0.2) is 29.2 Å². The Hall–Kier alpha value is -1.69. The number of carboxylic acids is 1. The van der Waals surface area contributed by atoms with Crippen molar-refractivity contribution in [3.05, 3.63) is 24.3 Å². The number of hydrogen-bond donors (Lipinski definition) is 2. The van der Waals surface area contributed by atoms with Gasteiger partial charge in [0.2, 0.25) is 5.91 Å². The lowest BCUT2D eigenvalue weighted by Crippen LogP contribution is -2.45. The quantitative estimate of drug-likeness (QED) is 0.721. The number of benzene rings is 1. The Bertz CT molecular complexity index is 492. The summed E-state index contributed by atoms with van der Waals surface area (Å²) in [5.74, 6) is -0.482. The first-order chi connectivity index (χ1) is 9.97. The van der Waals surface area contributed by atoms with Crippen molar-refractivity contribution in [2.75, 3.05) is 12.9 Å². The van der Waals surface area contributed by atoms with E-state index in [-0.39, 0.29) is 17.6 Å². The van der Waals surface area contributed by atoms with E-state index in [0.29, 0.717) is 6.42 Å². The van der Waals surface area contributed by atoms with Crippen molar-refractivity contribution in [2.24, 2.45) is 5.92 Å². The third-order valence-electron chi connectivity index (χ3n) is 3.21. The molecule has 0 heterocycles. The first kappa shape index (κ1) is 17.4. The third kappa shape index (κ3) is 5.67. The maximum atomic E-state index is 11.9. The van der Waals surface area contributed by atoms with Crippen molar-refractivity contribution in [1.29, 1.82) is 0 Å². The molecular weight excluding hydrogens is 290 g/mol. The molecule has 1 amide bonds. The minimum Gasteiger partial charge on any atom is -0.497 e. The van der Waals surface area contributed by atoms with Crippen LogP contribution in [0.5, 0.6) is 5.75 Å². The van der Waals surface area contributed by atoms with Crippen LogP contribution in [-0.2, 0) is 9.59 Å². The molecule has 0 aromatic heterocycles. The van der Waals surface area contributed by atoms with Crippen LogP contribution in [0.25, 0.3) is 0 Å². The number of carbonyl (C=O) groups excluding carboxylic acids is 1. The van der Waals surface area contributed by atoms with Crippen molar-refractivity contribution < 1.29 is 19.4 Å². The van der Waals surface area contributed by atoms with E-state index < -0.39 is 12.0 Å². The molecule has 5 nitrogen and oxygen atoms in total. The van der Waals surface area contributed by atoms with E-state index in [4.69, 9.17) is 9.84 Å². The fourth-order valence-corrected chi connectivity index (χ4v) is 2.49. The number of rotatable bonds is 8. The minimum atomic E-state index is -0.996. The van der Waals surface area contributed by atoms with Crippen LogP contribution in [0.3, 0.4) is 0 Å². The van der Waals surface area contributed by atoms with Crippen molar-refractivity contribution in [2.45, 2.75) is 31.2 Å². The summed E-state index contributed by atoms with van der Waals surface area (Å²) < 4.78 is 5.11. The predicted octanol–water partition coefficient (Wildman–Crippen LogP) is 2.40. The summed E-state index contributed by atoms with van der Waals surface area (Å²) >= 11 is 1.35. The average Bonchev–Trinajstić information content (AvgIpc) is 2.49. The number of hydrogen-bond acceptors (Lipinski definition) is 4. The number of methoxy groups -OCH3 is 1. The second-order valence-electron chi connectivity index (χ2n) is 4.74. The van der Waals surface area contributed by atoms with Gasteiger partial charge < -0.3 is 15.2 Å². The van der Waals surface area contributed by atoms with Crippen LogP contribution in [-0.4, -0.2) is 35.9 Å². The van der Waals surface area contributed by atoms with Crippen LogP contribution in [0.1, 0.15) is 20.3 Å². The molecular formula is C15H21NO4S. The summed E-state index contributed by atoms with van der Waals surface area (Å²) in [6.45, 7) is 3.71. The van der Waals surface area contributed by atoms with Gasteiger partial charge in [-0.15, -0.1) is 11.8 Å². The lowest BCUT2D eigenvalue weighted by atomic mass is 9.99. The van der Waals surface area contributed by atoms with E-state index in [9.17, 15) is 9.59 Å². The van der Waals surface area contributed by atoms with E-state index in [1.165, 1.54) is 11.8 Å². The summed E-state index contributed by atoms with van der Waals surface area (Å²) in [5.41, 5.74) is 0. The molecule has 0 spiro atoms. The Balaban J connectivity index is 2.54. The van der Waals surface area contributed by atoms with Crippen LogP contribution in [0.4, 0.5) is 0 Å². The van der Waals surface area contributed by atoms with Gasteiger partial charge in [0.25, 0.3) is 0 Å². The first-order valence-corrected chi connectivity index (χ1v) is 7.75. The molecule has 1 rings (SSSR count). The van der Waals surface area contributed by atoms with Crippen LogP contribution in [0.2, 0.25) is 0 Å². The van der Waals surface area contributed by atoms with Gasteiger partial charge in [-0.25, -0.2) is 4.79 Å². The van der Waals surface area contributed by atoms with Crippen molar-refractivity contribution in [1.82, 2.24) is 5.32 Å². The molecule has 1 aromatic carbocycles. The van der Waals surface area contributed by atoms with Gasteiger partial charge in [0, 0.05) is 4.90 Å². The Morgan fingerprint density at radius 3 is 2.71 bits per heavy atom. The molecule has 0 radical (unpaired) electrons. The standard InChI is InChI=1S/C15H21NO4S/c1-4-10(2)14(15(18)19)16-13(17)9-21-12-7-5-6-11(8-12)20-3/h5-8,10,14H,4,9H2,1-3H3,(H,16,17)(H,18,19)/t10-,14-/m0/s1. The van der Waals surface area contributed by atoms with E-state index in [0.717, 1.165) is 10.6 Å². The molecule has 2 N–H and O–H groups in total. The molecule has 0 bridgehead atoms. The van der Waals surface area contributed by atoms with E-state index >= 15 is 0 Å². The number of aliphatic carboxylic acids is 1. The molecule has 0 fully saturated rings. The molecule has 116 valence electrons. The normalized spacial score (nSPS) is 13.3. The highest BCUT2D eigenvalue weighted by molar-refractivity contribution is 8.00. The second kappa shape index (κ2) is 8.56. The molecule has 0 aliphatic heterocycles. The number of nitrogens with one attached hydrogen (secondary N) is 1. The Labute approximate surface area is 129 Å². The monoisotopic (exact) mass is 311 g/mol. The Morgan fingerprint density at radius 1 is 1.43 bits per heavy atom. The van der Waals surface area contributed by atoms with Crippen molar-refractivity contribution in [3.8, 4) is 5.75 Å². The fourth-order valence-electron chi connectivity index (χ4n) is 1.74. The fraction of sp³-hybridized carbons (Fsp3) is 0.467. The SMILES string of the molecule is CC[C@H](C)[C@H](NC(=O)CSc1cccc(OC)c1)C(=O)O. The van der Waals surface area contributed by atoms with Gasteiger partial charge in [-0.05, 0) is 24.1 Å². The van der Waals surface area contributed by atoms with Gasteiger partial charge in [0.15, 0.2) is 0 Å². The number of thioether (sulfide) groups is 1. The summed E-state index contributed by atoms with van der Waals surface area (Å²) in [4.78, 5) is 23.9. The third-order valence-corrected chi connectivity index (χ3v) is 4.20. The maximum Gasteiger partial charge on any atom is 0.326 e. The van der Waals surface area contributed by atoms with Gasteiger partial charge in [-0.3, -0.25) is 4.79 Å². The summed E-state index contributed by atoms with van der Waals surface area (Å²) in [6.07, 6.45) is 0.695. The molecule has 2 atom stereocenters. The molecule has 0 unspecified atom stereocenters. The van der Waals surface area contributed by atoms with Crippen LogP contribution >= 0.6 is 11.8 Å². The molecule has 1 aromatic rings. The zero-order valence-electron chi connectivity index (χ0n) is 12.5. The summed E-state index contributed by atoms with van der Waals surface area (Å²) in [6, 6.07) is 6.55. The van der Waals surface area contributed by atoms with Gasteiger partial charge in [-0.2, -0.15) is 0 Å². The summed E-state index contributed by atoms with van der Waals surface area (Å²) in [7, 11) is 1.58. The minimum absolute atomic E-state index is 0.103. The number of carbonyl (C=O) groups is 2. The summed E-state index contributed by atoms with van der Waals surface area (Å²) in [5, 5.41) is 11.7. The van der Waals surface area contributed by atoms with Gasteiger partial charge >= 0.3 is 5.97 Å². The highest BCUT2D eigenvalue weighted by atomic mass is 32.2. The average molecular weight is 311 g/mol. The van der Waals surface area contributed by atoms with Crippen molar-refractivity contribution in [3.63, 3.8) is 0 Å². The van der Waals surface area contributed by atoms with Gasteiger partial charge in [-0.1, -0.05) is 26.3 Å². The lowest BCUT2D eigenvalue weighted by Gasteiger charge is -2.20. The van der Waals surface area contributed by atoms with Gasteiger partial charge in [0.1, 0.15) is 11.8 Å². The first-order valence-electron chi connectivity index (χ1n) is 6.77. The highest BCUT2D eigenvalue weighted by Gasteiger charge is 2.25. The smallest absolute Gasteiger partial charge is 0.326 e. The van der Waals surface area contributed by atoms with Gasteiger partial charge in [0.05, 0.1) is 12.9 Å². The Kier molecular flexibility index (Phi) is 7.08. The second-order valence-corrected chi connectivity index (χ2v) is 5.79. The molecule has 0 aliphatic carbocycles. The van der Waals surface area contributed by atoms with Crippen molar-refractivity contribution >= 4 is 23.6 Å². The largest absolute Gasteiger partial charge is 0.497 e. The molecule has 0 aliphatic rings. The van der Waals surface area contributed by atoms with E-state index in [1.807, 2.05) is 38.1 Å². The lowest BCUT2D eigenvalue weighted by molar-refractivity contribution is -0.143. The Morgan fingerprint density at radius 2 is 2.14 bits per heavy atom. The number of amides is 1. The maximum absolute atomic E-state index is 11.9. The zero-order chi connectivity index (χ0) is 15.8. The predicted molar refractivity (Wildman–Crippen MR) is 82.7 cm³/mol. The molecule has 21 heavy (non-hydrogen) atoms. The zero-order valence-corrected chi connectivity index (χ0v) is 13.3. The number of carboxylic acid groups (broad SMARTS) is 1.